The number of nitrogens with zero attached hydrogens (tertiary/aromatic N) is 2. The Balaban J connectivity index is 1.51. The number of nitrogens with one attached hydrogen (secondary N) is 1. The molecule has 2 amide bonds. The van der Waals surface area contributed by atoms with Crippen LogP contribution in [0.5, 0.6) is 5.75 Å². The van der Waals surface area contributed by atoms with Crippen molar-refractivity contribution < 1.29 is 14.3 Å². The molecule has 0 saturated carbocycles. The van der Waals surface area contributed by atoms with E-state index in [9.17, 15) is 4.79 Å². The fraction of sp³-hybridized carbons (Fsp3) is 0.611. The Labute approximate surface area is 155 Å². The number of likely N-dealkylation sites (N-methyl/N-ethyl adjacent to an activating group) is 1. The van der Waals surface area contributed by atoms with Gasteiger partial charge in [0.1, 0.15) is 12.4 Å². The van der Waals surface area contributed by atoms with Gasteiger partial charge in [-0.25, -0.2) is 4.79 Å². The Bertz CT molecular complexity index is 524. The minimum absolute atomic E-state index is 0.0685. The molecule has 1 aliphatic rings. The molecule has 6 nitrogen and oxygen atoms in total. The number of unbranched alkanes of at least 4 members (excludes halogenated alkanes) is 1. The molecule has 25 heavy (non-hydrogen) atoms. The smallest absolute Gasteiger partial charge is 0.317 e. The lowest BCUT2D eigenvalue weighted by Gasteiger charge is -2.26. The number of benzene rings is 1. The fourth-order valence-electron chi connectivity index (χ4n) is 2.57. The third-order valence-electron chi connectivity index (χ3n) is 4.12. The summed E-state index contributed by atoms with van der Waals surface area (Å²) in [7, 11) is 1.77. The number of carbonyl (C=O) groups is 1. The SMILES string of the molecule is CN(CCOc1cccc(Cl)c1)C(=O)NCCCCN1CCOCC1. The molecule has 0 aromatic heterocycles. The highest BCUT2D eigenvalue weighted by Crippen LogP contribution is 2.16. The summed E-state index contributed by atoms with van der Waals surface area (Å²) >= 11 is 5.91. The average Bonchev–Trinajstić information content (AvgIpc) is 2.62. The third-order valence-corrected chi connectivity index (χ3v) is 4.35. The van der Waals surface area contributed by atoms with Crippen molar-refractivity contribution in [2.75, 3.05) is 59.6 Å². The zero-order valence-electron chi connectivity index (χ0n) is 14.9. The lowest BCUT2D eigenvalue weighted by atomic mass is 10.3. The van der Waals surface area contributed by atoms with Crippen molar-refractivity contribution in [3.05, 3.63) is 29.3 Å². The lowest BCUT2D eigenvalue weighted by molar-refractivity contribution is 0.0372. The van der Waals surface area contributed by atoms with Crippen LogP contribution in [0.2, 0.25) is 5.02 Å². The summed E-state index contributed by atoms with van der Waals surface area (Å²) in [6.07, 6.45) is 2.07. The molecule has 0 radical (unpaired) electrons. The van der Waals surface area contributed by atoms with Crippen molar-refractivity contribution >= 4 is 17.6 Å². The molecule has 1 aliphatic heterocycles. The van der Waals surface area contributed by atoms with Crippen LogP contribution in [0.4, 0.5) is 4.79 Å². The van der Waals surface area contributed by atoms with Crippen molar-refractivity contribution in [2.45, 2.75) is 12.8 Å². The van der Waals surface area contributed by atoms with Crippen molar-refractivity contribution in [3.63, 3.8) is 0 Å². The van der Waals surface area contributed by atoms with Gasteiger partial charge in [0.25, 0.3) is 0 Å². The first-order valence-corrected chi connectivity index (χ1v) is 9.20. The van der Waals surface area contributed by atoms with Gasteiger partial charge in [0, 0.05) is 31.7 Å². The standard InChI is InChI=1S/C18H28ClN3O3/c1-21(9-14-25-17-6-4-5-16(19)15-17)18(23)20-7-2-3-8-22-10-12-24-13-11-22/h4-6,15H,2-3,7-14H2,1H3,(H,20,23). The van der Waals surface area contributed by atoms with Crippen molar-refractivity contribution in [1.29, 1.82) is 0 Å². The Morgan fingerprint density at radius 2 is 2.16 bits per heavy atom. The molecule has 0 atom stereocenters. The first-order valence-electron chi connectivity index (χ1n) is 8.82. The Morgan fingerprint density at radius 1 is 1.36 bits per heavy atom. The van der Waals surface area contributed by atoms with Crippen LogP contribution in [-0.4, -0.2) is 75.4 Å². The van der Waals surface area contributed by atoms with Crippen LogP contribution in [0.15, 0.2) is 24.3 Å². The Morgan fingerprint density at radius 3 is 2.92 bits per heavy atom. The normalized spacial score (nSPS) is 15.0. The molecular weight excluding hydrogens is 342 g/mol. The van der Waals surface area contributed by atoms with Crippen LogP contribution in [-0.2, 0) is 4.74 Å². The number of halogens is 1. The van der Waals surface area contributed by atoms with E-state index < -0.39 is 0 Å². The maximum atomic E-state index is 12.0. The zero-order chi connectivity index (χ0) is 17.9. The van der Waals surface area contributed by atoms with E-state index in [0.29, 0.717) is 30.5 Å². The zero-order valence-corrected chi connectivity index (χ0v) is 15.6. The minimum Gasteiger partial charge on any atom is -0.492 e. The average molecular weight is 370 g/mol. The number of morpholine rings is 1. The first-order chi connectivity index (χ1) is 12.1. The van der Waals surface area contributed by atoms with Crippen LogP contribution in [0.3, 0.4) is 0 Å². The summed E-state index contributed by atoms with van der Waals surface area (Å²) in [4.78, 5) is 16.1. The summed E-state index contributed by atoms with van der Waals surface area (Å²) < 4.78 is 10.9. The van der Waals surface area contributed by atoms with E-state index in [1.54, 1.807) is 24.1 Å². The largest absolute Gasteiger partial charge is 0.492 e. The number of hydrogen-bond acceptors (Lipinski definition) is 4. The van der Waals surface area contributed by atoms with E-state index in [-0.39, 0.29) is 6.03 Å². The number of rotatable bonds is 9. The molecule has 1 fully saturated rings. The molecule has 0 aliphatic carbocycles. The van der Waals surface area contributed by atoms with Gasteiger partial charge in [-0.05, 0) is 37.6 Å². The highest BCUT2D eigenvalue weighted by atomic mass is 35.5. The molecule has 1 aromatic rings. The second kappa shape index (κ2) is 11.2. The number of amides is 2. The van der Waals surface area contributed by atoms with Gasteiger partial charge < -0.3 is 19.7 Å². The van der Waals surface area contributed by atoms with Crippen molar-refractivity contribution in [2.24, 2.45) is 0 Å². The highest BCUT2D eigenvalue weighted by Gasteiger charge is 2.10. The quantitative estimate of drug-likeness (QED) is 0.679. The molecule has 0 bridgehead atoms. The van der Waals surface area contributed by atoms with Gasteiger partial charge in [-0.15, -0.1) is 0 Å². The maximum absolute atomic E-state index is 12.0. The van der Waals surface area contributed by atoms with Crippen LogP contribution in [0.1, 0.15) is 12.8 Å². The van der Waals surface area contributed by atoms with E-state index >= 15 is 0 Å². The van der Waals surface area contributed by atoms with Gasteiger partial charge in [-0.2, -0.15) is 0 Å². The van der Waals surface area contributed by atoms with Crippen molar-refractivity contribution in [1.82, 2.24) is 15.1 Å². The number of urea groups is 1. The van der Waals surface area contributed by atoms with Gasteiger partial charge in [0.05, 0.1) is 19.8 Å². The topological polar surface area (TPSA) is 54.0 Å². The summed E-state index contributed by atoms with van der Waals surface area (Å²) in [5.74, 6) is 0.712. The highest BCUT2D eigenvalue weighted by molar-refractivity contribution is 6.30. The van der Waals surface area contributed by atoms with Crippen LogP contribution in [0, 0.1) is 0 Å². The molecule has 1 saturated heterocycles. The van der Waals surface area contributed by atoms with Crippen LogP contribution in [0.25, 0.3) is 0 Å². The second-order valence-corrected chi connectivity index (χ2v) is 6.56. The monoisotopic (exact) mass is 369 g/mol. The van der Waals surface area contributed by atoms with Crippen LogP contribution >= 0.6 is 11.6 Å². The summed E-state index contributed by atoms with van der Waals surface area (Å²) in [5.41, 5.74) is 0. The minimum atomic E-state index is -0.0685. The van der Waals surface area contributed by atoms with Crippen LogP contribution < -0.4 is 10.1 Å². The molecule has 2 rings (SSSR count). The molecule has 0 unspecified atom stereocenters. The molecule has 0 spiro atoms. The molecule has 1 aromatic carbocycles. The maximum Gasteiger partial charge on any atom is 0.317 e. The molecule has 140 valence electrons. The van der Waals surface area contributed by atoms with Crippen molar-refractivity contribution in [3.8, 4) is 5.75 Å². The first kappa shape index (κ1) is 19.8. The summed E-state index contributed by atoms with van der Waals surface area (Å²) in [5, 5.41) is 3.58. The number of carbonyl (C=O) groups excluding carboxylic acids is 1. The van der Waals surface area contributed by atoms with Gasteiger partial charge in [0.15, 0.2) is 0 Å². The lowest BCUT2D eigenvalue weighted by Crippen LogP contribution is -2.40. The van der Waals surface area contributed by atoms with E-state index in [1.807, 2.05) is 12.1 Å². The molecular formula is C18H28ClN3O3. The molecule has 1 N–H and O–H groups in total. The van der Waals surface area contributed by atoms with Gasteiger partial charge >= 0.3 is 6.03 Å². The van der Waals surface area contributed by atoms with Gasteiger partial charge in [0.2, 0.25) is 0 Å². The Hall–Kier alpha value is -1.50. The third kappa shape index (κ3) is 7.94. The number of ether oxygens (including phenoxy) is 2. The fourth-order valence-corrected chi connectivity index (χ4v) is 2.75. The van der Waals surface area contributed by atoms with E-state index in [1.165, 1.54) is 0 Å². The predicted molar refractivity (Wildman–Crippen MR) is 99.5 cm³/mol. The van der Waals surface area contributed by atoms with Gasteiger partial charge in [-0.1, -0.05) is 17.7 Å². The second-order valence-electron chi connectivity index (χ2n) is 6.12. The summed E-state index contributed by atoms with van der Waals surface area (Å²) in [6, 6.07) is 7.18. The van der Waals surface area contributed by atoms with Gasteiger partial charge in [-0.3, -0.25) is 4.90 Å². The Kier molecular flexibility index (Phi) is 8.86. The summed E-state index contributed by atoms with van der Waals surface area (Å²) in [6.45, 7) is 6.42. The number of hydrogen-bond donors (Lipinski definition) is 1. The molecule has 1 heterocycles. The molecule has 7 heteroatoms. The van der Waals surface area contributed by atoms with E-state index in [0.717, 1.165) is 45.7 Å². The predicted octanol–water partition coefficient (Wildman–Crippen LogP) is 2.47. The van der Waals surface area contributed by atoms with E-state index in [4.69, 9.17) is 21.1 Å². The van der Waals surface area contributed by atoms with E-state index in [2.05, 4.69) is 10.2 Å².